The Morgan fingerprint density at radius 3 is 3.12 bits per heavy atom. The molecule has 0 bridgehead atoms. The zero-order valence-electron chi connectivity index (χ0n) is 9.94. The van der Waals surface area contributed by atoms with Crippen molar-refractivity contribution in [1.29, 1.82) is 0 Å². The molecule has 17 heavy (non-hydrogen) atoms. The van der Waals surface area contributed by atoms with E-state index in [1.807, 2.05) is 16.8 Å². The van der Waals surface area contributed by atoms with Gasteiger partial charge in [0.05, 0.1) is 6.42 Å². The van der Waals surface area contributed by atoms with Gasteiger partial charge >= 0.3 is 0 Å². The van der Waals surface area contributed by atoms with Crippen LogP contribution < -0.4 is 10.6 Å². The minimum Gasteiger partial charge on any atom is -0.352 e. The molecule has 1 aromatic heterocycles. The van der Waals surface area contributed by atoms with Crippen molar-refractivity contribution in [3.63, 3.8) is 0 Å². The molecule has 2 rings (SSSR count). The Hall–Kier alpha value is -0.580. The van der Waals surface area contributed by atoms with Gasteiger partial charge in [0.2, 0.25) is 5.91 Å². The lowest BCUT2D eigenvalue weighted by atomic mass is 9.99. The molecule has 0 radical (unpaired) electrons. The van der Waals surface area contributed by atoms with Crippen molar-refractivity contribution in [3.05, 3.63) is 22.4 Å². The van der Waals surface area contributed by atoms with Gasteiger partial charge < -0.3 is 10.6 Å². The standard InChI is InChI=1S/C12H18N2OS.ClH/c1-9-11(3-2-5-13-9)14-12(15)7-10-4-6-16-8-10;/h4,6,8-9,11,13H,2-3,5,7H2,1H3,(H,14,15);1H. The van der Waals surface area contributed by atoms with Crippen molar-refractivity contribution < 1.29 is 4.79 Å². The molecular formula is C12H19ClN2OS. The zero-order valence-corrected chi connectivity index (χ0v) is 11.6. The fourth-order valence-electron chi connectivity index (χ4n) is 2.08. The third-order valence-electron chi connectivity index (χ3n) is 3.05. The molecule has 1 saturated heterocycles. The van der Waals surface area contributed by atoms with Gasteiger partial charge in [-0.05, 0) is 48.7 Å². The maximum absolute atomic E-state index is 11.8. The SMILES string of the molecule is CC1NCCCC1NC(=O)Cc1ccsc1.Cl. The van der Waals surface area contributed by atoms with Crippen LogP contribution in [0.4, 0.5) is 0 Å². The van der Waals surface area contributed by atoms with Gasteiger partial charge in [-0.15, -0.1) is 12.4 Å². The summed E-state index contributed by atoms with van der Waals surface area (Å²) in [5, 5.41) is 10.5. The molecule has 1 aliphatic heterocycles. The summed E-state index contributed by atoms with van der Waals surface area (Å²) in [4.78, 5) is 11.8. The van der Waals surface area contributed by atoms with E-state index in [1.54, 1.807) is 11.3 Å². The Morgan fingerprint density at radius 2 is 2.47 bits per heavy atom. The molecule has 2 N–H and O–H groups in total. The second kappa shape index (κ2) is 6.99. The van der Waals surface area contributed by atoms with Gasteiger partial charge in [0.15, 0.2) is 0 Å². The lowest BCUT2D eigenvalue weighted by molar-refractivity contribution is -0.121. The summed E-state index contributed by atoms with van der Waals surface area (Å²) in [6, 6.07) is 2.69. The van der Waals surface area contributed by atoms with Crippen LogP contribution in [0.25, 0.3) is 0 Å². The maximum atomic E-state index is 11.8. The molecule has 1 fully saturated rings. The van der Waals surface area contributed by atoms with Crippen LogP contribution in [0.2, 0.25) is 0 Å². The highest BCUT2D eigenvalue weighted by Crippen LogP contribution is 2.10. The lowest BCUT2D eigenvalue weighted by Gasteiger charge is -2.30. The van der Waals surface area contributed by atoms with E-state index in [1.165, 1.54) is 0 Å². The quantitative estimate of drug-likeness (QED) is 0.885. The van der Waals surface area contributed by atoms with Crippen LogP contribution in [-0.4, -0.2) is 24.5 Å². The summed E-state index contributed by atoms with van der Waals surface area (Å²) in [7, 11) is 0. The number of carbonyl (C=O) groups is 1. The van der Waals surface area contributed by atoms with Gasteiger partial charge in [0.1, 0.15) is 0 Å². The summed E-state index contributed by atoms with van der Waals surface area (Å²) >= 11 is 1.64. The van der Waals surface area contributed by atoms with Crippen LogP contribution in [0.15, 0.2) is 16.8 Å². The smallest absolute Gasteiger partial charge is 0.224 e. The van der Waals surface area contributed by atoms with Crippen molar-refractivity contribution in [1.82, 2.24) is 10.6 Å². The van der Waals surface area contributed by atoms with Crippen molar-refractivity contribution >= 4 is 29.7 Å². The molecule has 1 aliphatic rings. The highest BCUT2D eigenvalue weighted by molar-refractivity contribution is 7.07. The first-order valence-corrected chi connectivity index (χ1v) is 6.74. The molecule has 96 valence electrons. The molecule has 0 aromatic carbocycles. The highest BCUT2D eigenvalue weighted by atomic mass is 35.5. The molecule has 1 amide bonds. The van der Waals surface area contributed by atoms with E-state index in [4.69, 9.17) is 0 Å². The molecule has 2 atom stereocenters. The number of piperidine rings is 1. The third-order valence-corrected chi connectivity index (χ3v) is 3.78. The monoisotopic (exact) mass is 274 g/mol. The first-order chi connectivity index (χ1) is 7.75. The first-order valence-electron chi connectivity index (χ1n) is 5.79. The highest BCUT2D eigenvalue weighted by Gasteiger charge is 2.22. The minimum absolute atomic E-state index is 0. The van der Waals surface area contributed by atoms with Crippen molar-refractivity contribution in [2.45, 2.75) is 38.3 Å². The third kappa shape index (κ3) is 4.30. The number of hydrogen-bond acceptors (Lipinski definition) is 3. The minimum atomic E-state index is 0. The predicted octanol–water partition coefficient (Wildman–Crippen LogP) is 1.97. The molecule has 5 heteroatoms. The zero-order chi connectivity index (χ0) is 11.4. The van der Waals surface area contributed by atoms with E-state index in [0.717, 1.165) is 24.9 Å². The fraction of sp³-hybridized carbons (Fsp3) is 0.583. The van der Waals surface area contributed by atoms with Gasteiger partial charge in [0.25, 0.3) is 0 Å². The summed E-state index contributed by atoms with van der Waals surface area (Å²) in [6.07, 6.45) is 2.74. The average molecular weight is 275 g/mol. The van der Waals surface area contributed by atoms with Crippen molar-refractivity contribution in [2.75, 3.05) is 6.54 Å². The number of rotatable bonds is 3. The number of halogens is 1. The van der Waals surface area contributed by atoms with Crippen LogP contribution >= 0.6 is 23.7 Å². The van der Waals surface area contributed by atoms with E-state index in [2.05, 4.69) is 17.6 Å². The Kier molecular flexibility index (Phi) is 5.95. The molecular weight excluding hydrogens is 256 g/mol. The van der Waals surface area contributed by atoms with E-state index >= 15 is 0 Å². The molecule has 3 nitrogen and oxygen atoms in total. The second-order valence-corrected chi connectivity index (χ2v) is 5.15. The van der Waals surface area contributed by atoms with E-state index in [-0.39, 0.29) is 18.3 Å². The number of nitrogens with one attached hydrogen (secondary N) is 2. The van der Waals surface area contributed by atoms with Crippen molar-refractivity contribution in [2.24, 2.45) is 0 Å². The van der Waals surface area contributed by atoms with Crippen LogP contribution in [0.5, 0.6) is 0 Å². The van der Waals surface area contributed by atoms with Gasteiger partial charge in [-0.1, -0.05) is 0 Å². The van der Waals surface area contributed by atoms with E-state index in [0.29, 0.717) is 18.5 Å². The van der Waals surface area contributed by atoms with Crippen LogP contribution in [0.3, 0.4) is 0 Å². The Bertz CT molecular complexity index is 342. The van der Waals surface area contributed by atoms with Gasteiger partial charge in [-0.2, -0.15) is 11.3 Å². The van der Waals surface area contributed by atoms with E-state index in [9.17, 15) is 4.79 Å². The molecule has 2 heterocycles. The Morgan fingerprint density at radius 1 is 1.65 bits per heavy atom. The lowest BCUT2D eigenvalue weighted by Crippen LogP contribution is -2.52. The second-order valence-electron chi connectivity index (χ2n) is 4.37. The summed E-state index contributed by atoms with van der Waals surface area (Å²) in [6.45, 7) is 3.20. The normalized spacial score (nSPS) is 23.8. The Balaban J connectivity index is 0.00000144. The summed E-state index contributed by atoms with van der Waals surface area (Å²) < 4.78 is 0. The molecule has 0 spiro atoms. The molecule has 0 saturated carbocycles. The molecule has 2 unspecified atom stereocenters. The number of thiophene rings is 1. The number of carbonyl (C=O) groups excluding carboxylic acids is 1. The predicted molar refractivity (Wildman–Crippen MR) is 73.9 cm³/mol. The largest absolute Gasteiger partial charge is 0.352 e. The van der Waals surface area contributed by atoms with Gasteiger partial charge in [-0.3, -0.25) is 4.79 Å². The summed E-state index contributed by atoms with van der Waals surface area (Å²) in [5.74, 6) is 0.138. The van der Waals surface area contributed by atoms with Crippen LogP contribution in [0.1, 0.15) is 25.3 Å². The molecule has 1 aromatic rings. The van der Waals surface area contributed by atoms with Gasteiger partial charge in [-0.25, -0.2) is 0 Å². The Labute approximate surface area is 112 Å². The summed E-state index contributed by atoms with van der Waals surface area (Å²) in [5.41, 5.74) is 1.11. The van der Waals surface area contributed by atoms with Crippen molar-refractivity contribution in [3.8, 4) is 0 Å². The average Bonchev–Trinajstić information content (AvgIpc) is 2.74. The topological polar surface area (TPSA) is 41.1 Å². The maximum Gasteiger partial charge on any atom is 0.224 e. The first kappa shape index (κ1) is 14.5. The van der Waals surface area contributed by atoms with Crippen LogP contribution in [-0.2, 0) is 11.2 Å². The number of amides is 1. The number of hydrogen-bond donors (Lipinski definition) is 2. The molecule has 0 aliphatic carbocycles. The van der Waals surface area contributed by atoms with Crippen LogP contribution in [0, 0.1) is 0 Å². The fourth-order valence-corrected chi connectivity index (χ4v) is 2.75. The van der Waals surface area contributed by atoms with Gasteiger partial charge in [0, 0.05) is 12.1 Å². The van der Waals surface area contributed by atoms with E-state index < -0.39 is 0 Å².